The maximum absolute atomic E-state index is 12.9. The van der Waals surface area contributed by atoms with E-state index in [1.54, 1.807) is 18.5 Å². The van der Waals surface area contributed by atoms with Gasteiger partial charge in [0.25, 0.3) is 0 Å². The first-order chi connectivity index (χ1) is 11.3. The van der Waals surface area contributed by atoms with E-state index < -0.39 is 20.0 Å². The third kappa shape index (κ3) is 3.64. The van der Waals surface area contributed by atoms with Gasteiger partial charge in [-0.15, -0.1) is 0 Å². The van der Waals surface area contributed by atoms with Crippen LogP contribution in [0, 0.1) is 0 Å². The summed E-state index contributed by atoms with van der Waals surface area (Å²) in [5.41, 5.74) is 0.800. The lowest BCUT2D eigenvalue weighted by Crippen LogP contribution is -2.32. The maximum atomic E-state index is 12.9. The summed E-state index contributed by atoms with van der Waals surface area (Å²) in [6.45, 7) is 0.234. The third-order valence-electron chi connectivity index (χ3n) is 3.77. The summed E-state index contributed by atoms with van der Waals surface area (Å²) >= 11 is 0. The Morgan fingerprint density at radius 1 is 1.04 bits per heavy atom. The summed E-state index contributed by atoms with van der Waals surface area (Å²) in [4.78, 5) is 3.94. The number of nitrogens with two attached hydrogens (primary N) is 1. The van der Waals surface area contributed by atoms with Crippen molar-refractivity contribution in [2.24, 2.45) is 5.14 Å². The van der Waals surface area contributed by atoms with Crippen LogP contribution in [0.2, 0.25) is 0 Å². The van der Waals surface area contributed by atoms with Crippen LogP contribution in [-0.2, 0) is 26.6 Å². The van der Waals surface area contributed by atoms with E-state index in [0.717, 1.165) is 18.4 Å². The first kappa shape index (κ1) is 17.0. The number of sulfonamides is 2. The van der Waals surface area contributed by atoms with Crippen LogP contribution in [0.4, 0.5) is 0 Å². The zero-order valence-electron chi connectivity index (χ0n) is 12.7. The molecule has 1 aliphatic rings. The lowest BCUT2D eigenvalue weighted by molar-refractivity contribution is 0.398. The minimum Gasteiger partial charge on any atom is -0.264 e. The van der Waals surface area contributed by atoms with Crippen molar-refractivity contribution >= 4 is 20.0 Å². The van der Waals surface area contributed by atoms with E-state index in [1.807, 2.05) is 6.07 Å². The fourth-order valence-corrected chi connectivity index (χ4v) is 4.57. The van der Waals surface area contributed by atoms with Crippen LogP contribution < -0.4 is 5.14 Å². The Kier molecular flexibility index (Phi) is 4.43. The van der Waals surface area contributed by atoms with Crippen molar-refractivity contribution in [3.63, 3.8) is 0 Å². The van der Waals surface area contributed by atoms with Gasteiger partial charge in [0.15, 0.2) is 0 Å². The molecule has 1 aliphatic carbocycles. The van der Waals surface area contributed by atoms with Gasteiger partial charge in [0.05, 0.1) is 9.79 Å². The van der Waals surface area contributed by atoms with Crippen LogP contribution in [0.5, 0.6) is 0 Å². The number of aromatic nitrogens is 1. The van der Waals surface area contributed by atoms with Gasteiger partial charge >= 0.3 is 0 Å². The Morgan fingerprint density at radius 3 is 2.17 bits per heavy atom. The summed E-state index contributed by atoms with van der Waals surface area (Å²) in [7, 11) is -7.58. The number of primary sulfonamides is 1. The molecule has 9 heteroatoms. The molecule has 0 amide bonds. The summed E-state index contributed by atoms with van der Waals surface area (Å²) in [6, 6.07) is 8.50. The molecule has 7 nitrogen and oxygen atoms in total. The molecule has 0 aliphatic heterocycles. The highest BCUT2D eigenvalue weighted by molar-refractivity contribution is 7.89. The molecule has 128 valence electrons. The van der Waals surface area contributed by atoms with Gasteiger partial charge in [-0.05, 0) is 48.7 Å². The molecule has 0 saturated heterocycles. The largest absolute Gasteiger partial charge is 0.264 e. The first-order valence-corrected chi connectivity index (χ1v) is 10.3. The van der Waals surface area contributed by atoms with Crippen LogP contribution in [0.15, 0.2) is 58.6 Å². The number of hydrogen-bond acceptors (Lipinski definition) is 5. The molecule has 0 bridgehead atoms. The predicted molar refractivity (Wildman–Crippen MR) is 87.8 cm³/mol. The summed E-state index contributed by atoms with van der Waals surface area (Å²) in [5.74, 6) is 0. The molecule has 1 fully saturated rings. The summed E-state index contributed by atoms with van der Waals surface area (Å²) < 4.78 is 49.8. The second kappa shape index (κ2) is 6.25. The predicted octanol–water partition coefficient (Wildman–Crippen LogP) is 1.08. The molecule has 0 atom stereocenters. The van der Waals surface area contributed by atoms with Crippen molar-refractivity contribution in [1.29, 1.82) is 0 Å². The van der Waals surface area contributed by atoms with Gasteiger partial charge < -0.3 is 0 Å². The fourth-order valence-electron chi connectivity index (χ4n) is 2.38. The second-order valence-corrected chi connectivity index (χ2v) is 9.11. The number of benzene rings is 1. The molecule has 2 N–H and O–H groups in total. The average molecular weight is 367 g/mol. The minimum atomic E-state index is -3.85. The van der Waals surface area contributed by atoms with Gasteiger partial charge in [-0.1, -0.05) is 6.07 Å². The molecule has 1 aromatic heterocycles. The molecule has 0 radical (unpaired) electrons. The molecular weight excluding hydrogens is 350 g/mol. The minimum absolute atomic E-state index is 0.0341. The van der Waals surface area contributed by atoms with Gasteiger partial charge in [0, 0.05) is 25.0 Å². The monoisotopic (exact) mass is 367 g/mol. The van der Waals surface area contributed by atoms with E-state index in [2.05, 4.69) is 4.98 Å². The highest BCUT2D eigenvalue weighted by atomic mass is 32.2. The van der Waals surface area contributed by atoms with Gasteiger partial charge in [-0.25, -0.2) is 22.0 Å². The lowest BCUT2D eigenvalue weighted by Gasteiger charge is -2.22. The summed E-state index contributed by atoms with van der Waals surface area (Å²) in [5, 5.41) is 5.04. The summed E-state index contributed by atoms with van der Waals surface area (Å²) in [6.07, 6.45) is 4.89. The van der Waals surface area contributed by atoms with E-state index in [4.69, 9.17) is 5.14 Å². The Morgan fingerprint density at radius 2 is 1.67 bits per heavy atom. The Balaban J connectivity index is 1.92. The Labute approximate surface area is 141 Å². The Hall–Kier alpha value is -1.81. The molecule has 1 saturated carbocycles. The molecule has 0 unspecified atom stereocenters. The topological polar surface area (TPSA) is 110 Å². The average Bonchev–Trinajstić information content (AvgIpc) is 3.37. The van der Waals surface area contributed by atoms with Gasteiger partial charge in [-0.2, -0.15) is 4.31 Å². The second-order valence-electron chi connectivity index (χ2n) is 5.66. The van der Waals surface area contributed by atoms with Gasteiger partial charge in [0.2, 0.25) is 20.0 Å². The standard InChI is InChI=1S/C15H17N3O4S2/c16-23(19,20)14-5-7-15(8-6-14)24(21,22)18(13-3-4-13)11-12-2-1-9-17-10-12/h1-2,5-10,13H,3-4,11H2,(H2,16,19,20). The van der Waals surface area contributed by atoms with E-state index in [0.29, 0.717) is 0 Å². The highest BCUT2D eigenvalue weighted by Gasteiger charge is 2.38. The smallest absolute Gasteiger partial charge is 0.243 e. The Bertz CT molecular complexity index is 922. The van der Waals surface area contributed by atoms with Gasteiger partial charge in [0.1, 0.15) is 0 Å². The highest BCUT2D eigenvalue weighted by Crippen LogP contribution is 2.33. The van der Waals surface area contributed by atoms with Crippen LogP contribution >= 0.6 is 0 Å². The number of hydrogen-bond donors (Lipinski definition) is 1. The van der Waals surface area contributed by atoms with E-state index in [-0.39, 0.29) is 22.4 Å². The van der Waals surface area contributed by atoms with E-state index in [1.165, 1.54) is 28.6 Å². The maximum Gasteiger partial charge on any atom is 0.243 e. The third-order valence-corrected chi connectivity index (χ3v) is 6.62. The number of pyridine rings is 1. The zero-order valence-corrected chi connectivity index (χ0v) is 14.4. The number of rotatable bonds is 6. The van der Waals surface area contributed by atoms with Gasteiger partial charge in [-0.3, -0.25) is 4.98 Å². The van der Waals surface area contributed by atoms with Crippen LogP contribution in [0.1, 0.15) is 18.4 Å². The van der Waals surface area contributed by atoms with E-state index >= 15 is 0 Å². The SMILES string of the molecule is NS(=O)(=O)c1ccc(S(=O)(=O)N(Cc2cccnc2)C2CC2)cc1. The van der Waals surface area contributed by atoms with E-state index in [9.17, 15) is 16.8 Å². The quantitative estimate of drug-likeness (QED) is 0.821. The van der Waals surface area contributed by atoms with Crippen molar-refractivity contribution in [2.45, 2.75) is 35.2 Å². The molecule has 24 heavy (non-hydrogen) atoms. The van der Waals surface area contributed by atoms with Crippen LogP contribution in [0.25, 0.3) is 0 Å². The molecule has 0 spiro atoms. The normalized spacial score (nSPS) is 15.6. The molecule has 2 aromatic rings. The van der Waals surface area contributed by atoms with Crippen molar-refractivity contribution < 1.29 is 16.8 Å². The van der Waals surface area contributed by atoms with Crippen LogP contribution in [-0.4, -0.2) is 32.2 Å². The first-order valence-electron chi connectivity index (χ1n) is 7.32. The van der Waals surface area contributed by atoms with Crippen molar-refractivity contribution in [3.8, 4) is 0 Å². The molecule has 1 heterocycles. The van der Waals surface area contributed by atoms with Crippen molar-refractivity contribution in [1.82, 2.24) is 9.29 Å². The van der Waals surface area contributed by atoms with Crippen LogP contribution in [0.3, 0.4) is 0 Å². The number of nitrogens with zero attached hydrogens (tertiary/aromatic N) is 2. The fraction of sp³-hybridized carbons (Fsp3) is 0.267. The molecular formula is C15H17N3O4S2. The lowest BCUT2D eigenvalue weighted by atomic mass is 10.3. The van der Waals surface area contributed by atoms with Crippen molar-refractivity contribution in [3.05, 3.63) is 54.4 Å². The zero-order chi connectivity index (χ0) is 17.4. The van der Waals surface area contributed by atoms with Crippen molar-refractivity contribution in [2.75, 3.05) is 0 Å². The molecule has 3 rings (SSSR count). The molecule has 1 aromatic carbocycles.